The molecule has 0 aromatic heterocycles. The van der Waals surface area contributed by atoms with Crippen molar-refractivity contribution in [2.45, 2.75) is 120 Å². The van der Waals surface area contributed by atoms with Gasteiger partial charge in [-0.15, -0.1) is 0 Å². The van der Waals surface area contributed by atoms with E-state index < -0.39 is 11.5 Å². The Morgan fingerprint density at radius 3 is 2.45 bits per heavy atom. The Labute approximate surface area is 228 Å². The van der Waals surface area contributed by atoms with E-state index in [2.05, 4.69) is 15.5 Å². The van der Waals surface area contributed by atoms with Crippen molar-refractivity contribution < 1.29 is 14.0 Å². The Bertz CT molecular complexity index is 1000. The van der Waals surface area contributed by atoms with E-state index in [1.807, 2.05) is 24.9 Å². The van der Waals surface area contributed by atoms with Crippen LogP contribution >= 0.6 is 0 Å². The van der Waals surface area contributed by atoms with Crippen molar-refractivity contribution in [2.24, 2.45) is 0 Å². The Morgan fingerprint density at radius 1 is 1.00 bits per heavy atom. The molecule has 2 saturated carbocycles. The maximum absolute atomic E-state index is 15.6. The second kappa shape index (κ2) is 11.9. The summed E-state index contributed by atoms with van der Waals surface area (Å²) in [4.78, 5) is 30.8. The van der Waals surface area contributed by atoms with Crippen molar-refractivity contribution in [1.29, 1.82) is 0 Å². The van der Waals surface area contributed by atoms with E-state index >= 15 is 4.39 Å². The number of carbonyl (C=O) groups excluding carboxylic acids is 2. The van der Waals surface area contributed by atoms with Crippen molar-refractivity contribution in [3.63, 3.8) is 0 Å². The molecule has 2 aliphatic carbocycles. The van der Waals surface area contributed by atoms with Crippen molar-refractivity contribution in [3.8, 4) is 0 Å². The Hall–Kier alpha value is -2.15. The fourth-order valence-corrected chi connectivity index (χ4v) is 7.76. The average Bonchev–Trinajstić information content (AvgIpc) is 3.16. The molecule has 1 aromatic carbocycles. The van der Waals surface area contributed by atoms with Gasteiger partial charge in [0.25, 0.3) is 0 Å². The fourth-order valence-electron chi connectivity index (χ4n) is 7.76. The molecule has 4 aliphatic rings. The highest BCUT2D eigenvalue weighted by Crippen LogP contribution is 2.51. The standard InChI is InChI=1S/C31H47FN4O2/c1-22-14-15-25(32)27-28(22)34-29(31(27)16-8-6-4-3-5-7-9-17-31)30(38)33-23-12-10-13-24(20-23)36-19-11-18-35(2)26(37)21-36/h14-15,23-24,29,34H,3-13,16-21H2,1-2H3,(H,33,38)/t23-,24-,29?/m0/s1. The quantitative estimate of drug-likeness (QED) is 0.562. The van der Waals surface area contributed by atoms with E-state index in [1.54, 1.807) is 6.07 Å². The van der Waals surface area contributed by atoms with Crippen LogP contribution < -0.4 is 10.6 Å². The molecule has 2 amide bonds. The molecule has 2 aliphatic heterocycles. The Morgan fingerprint density at radius 2 is 1.71 bits per heavy atom. The molecule has 3 fully saturated rings. The first-order valence-electron chi connectivity index (χ1n) is 15.2. The smallest absolute Gasteiger partial charge is 0.243 e. The Balaban J connectivity index is 1.35. The molecule has 7 heteroatoms. The third-order valence-corrected chi connectivity index (χ3v) is 9.92. The maximum Gasteiger partial charge on any atom is 0.243 e. The first-order valence-corrected chi connectivity index (χ1v) is 15.2. The minimum atomic E-state index is -0.497. The summed E-state index contributed by atoms with van der Waals surface area (Å²) >= 11 is 0. The van der Waals surface area contributed by atoms with Gasteiger partial charge in [-0.05, 0) is 63.5 Å². The predicted octanol–water partition coefficient (Wildman–Crippen LogP) is 5.28. The number of carbonyl (C=O) groups is 2. The largest absolute Gasteiger partial charge is 0.372 e. The number of hydrogen-bond acceptors (Lipinski definition) is 4. The lowest BCUT2D eigenvalue weighted by molar-refractivity contribution is -0.130. The number of nitrogens with one attached hydrogen (secondary N) is 2. The molecule has 3 atom stereocenters. The topological polar surface area (TPSA) is 64.7 Å². The minimum absolute atomic E-state index is 0.0226. The van der Waals surface area contributed by atoms with Gasteiger partial charge in [-0.25, -0.2) is 4.39 Å². The number of anilines is 1. The lowest BCUT2D eigenvalue weighted by Crippen LogP contribution is -2.54. The van der Waals surface area contributed by atoms with Crippen LogP contribution in [0.4, 0.5) is 10.1 Å². The SMILES string of the molecule is Cc1ccc(F)c2c1NC(C(=O)N[C@H]1CCC[C@H](N3CCCN(C)C(=O)C3)C1)C21CCCCCCCCC1. The zero-order chi connectivity index (χ0) is 26.7. The van der Waals surface area contributed by atoms with Gasteiger partial charge in [-0.1, -0.05) is 51.0 Å². The van der Waals surface area contributed by atoms with E-state index in [4.69, 9.17) is 0 Å². The zero-order valence-electron chi connectivity index (χ0n) is 23.5. The molecule has 5 rings (SSSR count). The summed E-state index contributed by atoms with van der Waals surface area (Å²) in [5.41, 5.74) is 2.12. The Kier molecular flexibility index (Phi) is 8.61. The van der Waals surface area contributed by atoms with Gasteiger partial charge in [0, 0.05) is 48.9 Å². The molecule has 1 saturated heterocycles. The van der Waals surface area contributed by atoms with Crippen LogP contribution in [0.25, 0.3) is 0 Å². The number of rotatable bonds is 3. The molecule has 6 nitrogen and oxygen atoms in total. The number of hydrogen-bond donors (Lipinski definition) is 2. The fraction of sp³-hybridized carbons (Fsp3) is 0.742. The predicted molar refractivity (Wildman–Crippen MR) is 150 cm³/mol. The van der Waals surface area contributed by atoms with Crippen LogP contribution in [-0.2, 0) is 15.0 Å². The summed E-state index contributed by atoms with van der Waals surface area (Å²) < 4.78 is 15.6. The summed E-state index contributed by atoms with van der Waals surface area (Å²) in [5.74, 6) is 0.0466. The molecule has 2 N–H and O–H groups in total. The first-order chi connectivity index (χ1) is 18.4. The molecule has 1 spiro atoms. The maximum atomic E-state index is 15.6. The monoisotopic (exact) mass is 526 g/mol. The first kappa shape index (κ1) is 27.4. The zero-order valence-corrected chi connectivity index (χ0v) is 23.5. The van der Waals surface area contributed by atoms with E-state index in [0.717, 1.165) is 101 Å². The van der Waals surface area contributed by atoms with Crippen LogP contribution in [0.2, 0.25) is 0 Å². The number of amides is 2. The van der Waals surface area contributed by atoms with Crippen LogP contribution in [0.1, 0.15) is 101 Å². The normalized spacial score (nSPS) is 28.9. The van der Waals surface area contributed by atoms with E-state index in [0.29, 0.717) is 12.6 Å². The molecule has 0 bridgehead atoms. The summed E-state index contributed by atoms with van der Waals surface area (Å²) in [6, 6.07) is 3.40. The van der Waals surface area contributed by atoms with E-state index in [1.165, 1.54) is 19.3 Å². The van der Waals surface area contributed by atoms with Crippen LogP contribution in [-0.4, -0.2) is 66.4 Å². The number of likely N-dealkylation sites (N-methyl/N-ethyl adjacent to an activating group) is 1. The number of benzene rings is 1. The third kappa shape index (κ3) is 5.59. The molecule has 210 valence electrons. The van der Waals surface area contributed by atoms with Gasteiger partial charge in [-0.2, -0.15) is 0 Å². The highest BCUT2D eigenvalue weighted by Gasteiger charge is 2.52. The lowest BCUT2D eigenvalue weighted by atomic mass is 9.68. The van der Waals surface area contributed by atoms with Crippen molar-refractivity contribution >= 4 is 17.5 Å². The van der Waals surface area contributed by atoms with Crippen LogP contribution in [0.3, 0.4) is 0 Å². The van der Waals surface area contributed by atoms with Gasteiger partial charge in [0.05, 0.1) is 6.54 Å². The number of aryl methyl sites for hydroxylation is 1. The highest BCUT2D eigenvalue weighted by atomic mass is 19.1. The third-order valence-electron chi connectivity index (χ3n) is 9.92. The highest BCUT2D eigenvalue weighted by molar-refractivity contribution is 5.91. The van der Waals surface area contributed by atoms with Gasteiger partial charge >= 0.3 is 0 Å². The van der Waals surface area contributed by atoms with Crippen LogP contribution in [0.5, 0.6) is 0 Å². The van der Waals surface area contributed by atoms with Gasteiger partial charge in [0.15, 0.2) is 0 Å². The molecule has 1 aromatic rings. The van der Waals surface area contributed by atoms with Crippen molar-refractivity contribution in [1.82, 2.24) is 15.1 Å². The van der Waals surface area contributed by atoms with E-state index in [9.17, 15) is 9.59 Å². The van der Waals surface area contributed by atoms with Crippen LogP contribution in [0, 0.1) is 12.7 Å². The molecular weight excluding hydrogens is 479 g/mol. The van der Waals surface area contributed by atoms with Gasteiger partial charge in [0.1, 0.15) is 11.9 Å². The molecule has 38 heavy (non-hydrogen) atoms. The second-order valence-corrected chi connectivity index (χ2v) is 12.5. The lowest BCUT2D eigenvalue weighted by Gasteiger charge is -2.39. The second-order valence-electron chi connectivity index (χ2n) is 12.5. The van der Waals surface area contributed by atoms with Crippen molar-refractivity contribution in [3.05, 3.63) is 29.1 Å². The average molecular weight is 527 g/mol. The number of halogens is 1. The van der Waals surface area contributed by atoms with Crippen LogP contribution in [0.15, 0.2) is 12.1 Å². The number of nitrogens with zero attached hydrogens (tertiary/aromatic N) is 2. The van der Waals surface area contributed by atoms with E-state index in [-0.39, 0.29) is 23.7 Å². The molecule has 0 radical (unpaired) electrons. The molecule has 2 heterocycles. The summed E-state index contributed by atoms with van der Waals surface area (Å²) in [6.07, 6.45) is 14.7. The summed E-state index contributed by atoms with van der Waals surface area (Å²) in [6.45, 7) is 4.24. The van der Waals surface area contributed by atoms with Gasteiger partial charge in [0.2, 0.25) is 11.8 Å². The number of fused-ring (bicyclic) bond motifs is 2. The minimum Gasteiger partial charge on any atom is -0.372 e. The van der Waals surface area contributed by atoms with Crippen molar-refractivity contribution in [2.75, 3.05) is 32.0 Å². The molecular formula is C31H47FN4O2. The summed E-state index contributed by atoms with van der Waals surface area (Å²) in [7, 11) is 1.89. The van der Waals surface area contributed by atoms with Gasteiger partial charge in [-0.3, -0.25) is 14.5 Å². The summed E-state index contributed by atoms with van der Waals surface area (Å²) in [5, 5.41) is 6.99. The molecule has 1 unspecified atom stereocenters. The van der Waals surface area contributed by atoms with Gasteiger partial charge < -0.3 is 15.5 Å².